The predicted octanol–water partition coefficient (Wildman–Crippen LogP) is 6.93. The Kier molecular flexibility index (Phi) is 7.07. The second-order valence-electron chi connectivity index (χ2n) is 8.42. The maximum atomic E-state index is 6.30. The molecule has 1 aromatic heterocycles. The van der Waals surface area contributed by atoms with Crippen LogP contribution in [0.3, 0.4) is 0 Å². The first-order valence-corrected chi connectivity index (χ1v) is 12.2. The minimum Gasteiger partial charge on any atom is -0.488 e. The summed E-state index contributed by atoms with van der Waals surface area (Å²) < 4.78 is 8.06. The van der Waals surface area contributed by atoms with E-state index in [2.05, 4.69) is 39.5 Å². The van der Waals surface area contributed by atoms with Crippen molar-refractivity contribution in [3.63, 3.8) is 0 Å². The van der Waals surface area contributed by atoms with Crippen LogP contribution < -0.4 is 4.74 Å². The molecule has 34 heavy (non-hydrogen) atoms. The Balaban J connectivity index is 1.29. The normalized spacial score (nSPS) is 16.1. The van der Waals surface area contributed by atoms with Gasteiger partial charge in [-0.15, -0.1) is 5.10 Å². The molecular weight excluding hydrogens is 491 g/mol. The van der Waals surface area contributed by atoms with Gasteiger partial charge in [-0.3, -0.25) is 4.90 Å². The second kappa shape index (κ2) is 10.4. The zero-order valence-corrected chi connectivity index (χ0v) is 20.6. The van der Waals surface area contributed by atoms with Gasteiger partial charge in [-0.25, -0.2) is 4.68 Å². The van der Waals surface area contributed by atoms with E-state index in [4.69, 9.17) is 39.5 Å². The van der Waals surface area contributed by atoms with Crippen molar-refractivity contribution in [2.45, 2.75) is 25.6 Å². The highest BCUT2D eigenvalue weighted by molar-refractivity contribution is 6.42. The van der Waals surface area contributed by atoms with Crippen LogP contribution in [0, 0.1) is 0 Å². The number of aromatic nitrogens is 3. The second-order valence-corrected chi connectivity index (χ2v) is 9.68. The van der Waals surface area contributed by atoms with E-state index in [0.717, 1.165) is 42.9 Å². The number of rotatable bonds is 7. The van der Waals surface area contributed by atoms with Crippen LogP contribution in [0.25, 0.3) is 11.3 Å². The first kappa shape index (κ1) is 23.2. The average Bonchev–Trinajstić information content (AvgIpc) is 3.51. The zero-order chi connectivity index (χ0) is 23.5. The summed E-state index contributed by atoms with van der Waals surface area (Å²) in [5, 5.41) is 10.5. The molecule has 1 atom stereocenters. The molecule has 0 radical (unpaired) electrons. The fourth-order valence-corrected chi connectivity index (χ4v) is 4.70. The standard InChI is InChI=1S/C26H23Cl3N4O/c27-20-7-9-26(34-17-19-6-8-23(28)24(29)12-19)22(13-20)25-16-33(31-30-25)21-10-11-32(15-21)14-18-4-2-1-3-5-18/h1-9,12-13,16,21H,10-11,14-15,17H2. The van der Waals surface area contributed by atoms with E-state index in [9.17, 15) is 0 Å². The van der Waals surface area contributed by atoms with Gasteiger partial charge in [-0.1, -0.05) is 76.4 Å². The molecule has 174 valence electrons. The number of likely N-dealkylation sites (tertiary alicyclic amines) is 1. The van der Waals surface area contributed by atoms with E-state index in [1.807, 2.05) is 35.1 Å². The minimum absolute atomic E-state index is 0.282. The summed E-state index contributed by atoms with van der Waals surface area (Å²) in [5.41, 5.74) is 3.78. The van der Waals surface area contributed by atoms with Crippen molar-refractivity contribution < 1.29 is 4.74 Å². The molecule has 1 saturated heterocycles. The Labute approximate surface area is 213 Å². The van der Waals surface area contributed by atoms with Gasteiger partial charge in [0.15, 0.2) is 0 Å². The van der Waals surface area contributed by atoms with Crippen molar-refractivity contribution in [2.75, 3.05) is 13.1 Å². The van der Waals surface area contributed by atoms with Crippen molar-refractivity contribution in [2.24, 2.45) is 0 Å². The van der Waals surface area contributed by atoms with Crippen LogP contribution in [0.15, 0.2) is 72.9 Å². The van der Waals surface area contributed by atoms with E-state index in [1.54, 1.807) is 18.2 Å². The van der Waals surface area contributed by atoms with E-state index >= 15 is 0 Å². The third kappa shape index (κ3) is 5.39. The lowest BCUT2D eigenvalue weighted by Gasteiger charge is -2.16. The van der Waals surface area contributed by atoms with Crippen LogP contribution in [-0.2, 0) is 13.2 Å². The fourth-order valence-electron chi connectivity index (χ4n) is 4.21. The molecule has 1 aliphatic rings. The zero-order valence-electron chi connectivity index (χ0n) is 18.4. The van der Waals surface area contributed by atoms with Crippen molar-refractivity contribution in [1.29, 1.82) is 0 Å². The van der Waals surface area contributed by atoms with Gasteiger partial charge < -0.3 is 4.74 Å². The van der Waals surface area contributed by atoms with Gasteiger partial charge in [0, 0.05) is 30.2 Å². The molecule has 0 N–H and O–H groups in total. The van der Waals surface area contributed by atoms with Crippen LogP contribution in [0.2, 0.25) is 15.1 Å². The summed E-state index contributed by atoms with van der Waals surface area (Å²) in [6.45, 7) is 3.26. The van der Waals surface area contributed by atoms with E-state index < -0.39 is 0 Å². The molecule has 1 fully saturated rings. The molecule has 8 heteroatoms. The van der Waals surface area contributed by atoms with Crippen molar-refractivity contribution in [3.05, 3.63) is 99.1 Å². The smallest absolute Gasteiger partial charge is 0.129 e. The Morgan fingerprint density at radius 3 is 2.59 bits per heavy atom. The first-order valence-electron chi connectivity index (χ1n) is 11.1. The maximum Gasteiger partial charge on any atom is 0.129 e. The van der Waals surface area contributed by atoms with Crippen molar-refractivity contribution in [1.82, 2.24) is 19.9 Å². The van der Waals surface area contributed by atoms with Crippen LogP contribution in [0.4, 0.5) is 0 Å². The minimum atomic E-state index is 0.282. The Hall–Kier alpha value is -2.57. The molecule has 0 aliphatic carbocycles. The van der Waals surface area contributed by atoms with Crippen molar-refractivity contribution >= 4 is 34.8 Å². The Bertz CT molecular complexity index is 1280. The summed E-state index contributed by atoms with van der Waals surface area (Å²) in [6, 6.07) is 21.8. The van der Waals surface area contributed by atoms with Crippen LogP contribution in [-0.4, -0.2) is 33.0 Å². The number of hydrogen-bond acceptors (Lipinski definition) is 4. The van der Waals surface area contributed by atoms with E-state index in [0.29, 0.717) is 27.4 Å². The van der Waals surface area contributed by atoms with E-state index in [1.165, 1.54) is 5.56 Å². The quantitative estimate of drug-likeness (QED) is 0.269. The third-order valence-corrected chi connectivity index (χ3v) is 6.95. The summed E-state index contributed by atoms with van der Waals surface area (Å²) in [5.74, 6) is 0.680. The molecule has 5 nitrogen and oxygen atoms in total. The molecule has 2 heterocycles. The summed E-state index contributed by atoms with van der Waals surface area (Å²) >= 11 is 18.5. The number of ether oxygens (including phenoxy) is 1. The molecule has 0 bridgehead atoms. The van der Waals surface area contributed by atoms with Gasteiger partial charge in [-0.05, 0) is 47.9 Å². The van der Waals surface area contributed by atoms with Crippen molar-refractivity contribution in [3.8, 4) is 17.0 Å². The molecule has 4 aromatic rings. The summed E-state index contributed by atoms with van der Waals surface area (Å²) in [4.78, 5) is 2.45. The van der Waals surface area contributed by atoms with Crippen LogP contribution >= 0.6 is 34.8 Å². The summed E-state index contributed by atoms with van der Waals surface area (Å²) in [6.07, 6.45) is 3.01. The topological polar surface area (TPSA) is 43.2 Å². The molecule has 3 aromatic carbocycles. The van der Waals surface area contributed by atoms with E-state index in [-0.39, 0.29) is 6.04 Å². The SMILES string of the molecule is Clc1ccc(OCc2ccc(Cl)c(Cl)c2)c(-c2cn(C3CCN(Cc4ccccc4)C3)nn2)c1. The Morgan fingerprint density at radius 1 is 0.912 bits per heavy atom. The molecule has 5 rings (SSSR count). The lowest BCUT2D eigenvalue weighted by Crippen LogP contribution is -2.21. The van der Waals surface area contributed by atoms with Gasteiger partial charge in [0.2, 0.25) is 0 Å². The third-order valence-electron chi connectivity index (χ3n) is 5.98. The average molecular weight is 514 g/mol. The maximum absolute atomic E-state index is 6.30. The molecule has 0 saturated carbocycles. The Morgan fingerprint density at radius 2 is 1.76 bits per heavy atom. The fraction of sp³-hybridized carbons (Fsp3) is 0.231. The molecule has 0 amide bonds. The first-order chi connectivity index (χ1) is 16.5. The number of hydrogen-bond donors (Lipinski definition) is 0. The van der Waals surface area contributed by atoms with Gasteiger partial charge in [0.25, 0.3) is 0 Å². The molecule has 1 unspecified atom stereocenters. The number of nitrogens with zero attached hydrogens (tertiary/aromatic N) is 4. The van der Waals surface area contributed by atoms with Gasteiger partial charge in [0.1, 0.15) is 18.1 Å². The lowest BCUT2D eigenvalue weighted by atomic mass is 10.1. The van der Waals surface area contributed by atoms with Gasteiger partial charge >= 0.3 is 0 Å². The summed E-state index contributed by atoms with van der Waals surface area (Å²) in [7, 11) is 0. The highest BCUT2D eigenvalue weighted by atomic mass is 35.5. The van der Waals surface area contributed by atoms with Gasteiger partial charge in [0.05, 0.1) is 22.3 Å². The van der Waals surface area contributed by atoms with Crippen LogP contribution in [0.5, 0.6) is 5.75 Å². The monoisotopic (exact) mass is 512 g/mol. The number of halogens is 3. The molecule has 1 aliphatic heterocycles. The predicted molar refractivity (Wildman–Crippen MR) is 137 cm³/mol. The van der Waals surface area contributed by atoms with Gasteiger partial charge in [-0.2, -0.15) is 0 Å². The van der Waals surface area contributed by atoms with Crippen LogP contribution in [0.1, 0.15) is 23.6 Å². The largest absolute Gasteiger partial charge is 0.488 e. The lowest BCUT2D eigenvalue weighted by molar-refractivity contribution is 0.307. The highest BCUT2D eigenvalue weighted by Gasteiger charge is 2.25. The molecular formula is C26H23Cl3N4O. The molecule has 0 spiro atoms. The number of benzene rings is 3. The highest BCUT2D eigenvalue weighted by Crippen LogP contribution is 2.33.